The largest absolute Gasteiger partial charge is 0.481 e. The highest BCUT2D eigenvalue weighted by atomic mass is 19.1. The van der Waals surface area contributed by atoms with Crippen LogP contribution in [0, 0.1) is 17.7 Å². The minimum Gasteiger partial charge on any atom is -0.481 e. The van der Waals surface area contributed by atoms with Crippen molar-refractivity contribution in [2.75, 3.05) is 0 Å². The maximum absolute atomic E-state index is 12.9. The average Bonchev–Trinajstić information content (AvgIpc) is 2.73. The molecule has 3 rings (SSSR count). The van der Waals surface area contributed by atoms with E-state index in [0.717, 1.165) is 17.5 Å². The minimum absolute atomic E-state index is 0.0817. The normalized spacial score (nSPS) is 32.2. The first-order valence-corrected chi connectivity index (χ1v) is 4.69. The lowest BCUT2D eigenvalue weighted by molar-refractivity contribution is -0.139. The molecule has 0 aliphatic heterocycles. The summed E-state index contributed by atoms with van der Waals surface area (Å²) in [5.74, 6) is -0.956. The minimum atomic E-state index is -0.741. The van der Waals surface area contributed by atoms with Gasteiger partial charge in [-0.3, -0.25) is 4.79 Å². The number of carbonyl (C=O) groups is 1. The summed E-state index contributed by atoms with van der Waals surface area (Å²) in [5, 5.41) is 8.86. The lowest BCUT2D eigenvalue weighted by Crippen LogP contribution is -2.05. The molecule has 0 aromatic heterocycles. The summed E-state index contributed by atoms with van der Waals surface area (Å²) in [6.45, 7) is 0. The van der Waals surface area contributed by atoms with Gasteiger partial charge in [-0.05, 0) is 35.6 Å². The standard InChI is InChI=1S/C11H9FO2/c12-6-2-1-5-3-8-9(7(5)4-6)10(8)11(13)14/h1-2,4,8-10H,3H2,(H,13,14). The molecule has 1 aromatic carbocycles. The Morgan fingerprint density at radius 2 is 2.29 bits per heavy atom. The van der Waals surface area contributed by atoms with Crippen LogP contribution in [0.3, 0.4) is 0 Å². The van der Waals surface area contributed by atoms with Crippen LogP contribution in [0.15, 0.2) is 18.2 Å². The molecule has 1 N–H and O–H groups in total. The number of hydrogen-bond donors (Lipinski definition) is 1. The molecule has 3 unspecified atom stereocenters. The quantitative estimate of drug-likeness (QED) is 0.736. The summed E-state index contributed by atoms with van der Waals surface area (Å²) in [5.41, 5.74) is 2.04. The number of rotatable bonds is 1. The molecule has 14 heavy (non-hydrogen) atoms. The van der Waals surface area contributed by atoms with Crippen molar-refractivity contribution in [2.24, 2.45) is 11.8 Å². The van der Waals surface area contributed by atoms with Gasteiger partial charge in [-0.2, -0.15) is 0 Å². The van der Waals surface area contributed by atoms with Crippen LogP contribution in [0.25, 0.3) is 0 Å². The van der Waals surface area contributed by atoms with Gasteiger partial charge < -0.3 is 5.11 Å². The second-order valence-corrected chi connectivity index (χ2v) is 4.10. The van der Waals surface area contributed by atoms with Gasteiger partial charge in [-0.25, -0.2) is 4.39 Å². The van der Waals surface area contributed by atoms with Gasteiger partial charge in [0.1, 0.15) is 5.82 Å². The molecule has 0 spiro atoms. The second kappa shape index (κ2) is 2.35. The van der Waals surface area contributed by atoms with Crippen molar-refractivity contribution in [1.29, 1.82) is 0 Å². The van der Waals surface area contributed by atoms with E-state index in [4.69, 9.17) is 5.11 Å². The molecule has 1 saturated carbocycles. The number of halogens is 1. The Balaban J connectivity index is 2.01. The highest BCUT2D eigenvalue weighted by Gasteiger charge is 2.59. The van der Waals surface area contributed by atoms with Crippen LogP contribution in [0.1, 0.15) is 17.0 Å². The summed E-state index contributed by atoms with van der Waals surface area (Å²) < 4.78 is 12.9. The topological polar surface area (TPSA) is 37.3 Å². The molecule has 0 bridgehead atoms. The van der Waals surface area contributed by atoms with Crippen LogP contribution in [-0.2, 0) is 11.2 Å². The summed E-state index contributed by atoms with van der Waals surface area (Å²) in [6, 6.07) is 4.71. The third kappa shape index (κ3) is 0.870. The molecule has 72 valence electrons. The van der Waals surface area contributed by atoms with Gasteiger partial charge in [-0.15, -0.1) is 0 Å². The predicted octanol–water partition coefficient (Wildman–Crippen LogP) is 1.80. The van der Waals surface area contributed by atoms with Gasteiger partial charge in [0.2, 0.25) is 0 Å². The Morgan fingerprint density at radius 3 is 3.00 bits per heavy atom. The van der Waals surface area contributed by atoms with Crippen molar-refractivity contribution in [3.63, 3.8) is 0 Å². The molecule has 1 aromatic rings. The van der Waals surface area contributed by atoms with E-state index in [1.807, 2.05) is 0 Å². The van der Waals surface area contributed by atoms with Crippen molar-refractivity contribution >= 4 is 5.97 Å². The molecule has 2 nitrogen and oxygen atoms in total. The molecular formula is C11H9FO2. The Kier molecular flexibility index (Phi) is 1.34. The van der Waals surface area contributed by atoms with Gasteiger partial charge in [-0.1, -0.05) is 6.07 Å². The van der Waals surface area contributed by atoms with Gasteiger partial charge in [0.05, 0.1) is 5.92 Å². The average molecular weight is 192 g/mol. The van der Waals surface area contributed by atoms with Crippen molar-refractivity contribution < 1.29 is 14.3 Å². The Bertz CT molecular complexity index is 427. The fraction of sp³-hybridized carbons (Fsp3) is 0.364. The monoisotopic (exact) mass is 192 g/mol. The van der Waals surface area contributed by atoms with E-state index in [0.29, 0.717) is 0 Å². The van der Waals surface area contributed by atoms with Crippen LogP contribution in [0.2, 0.25) is 0 Å². The fourth-order valence-corrected chi connectivity index (χ4v) is 2.70. The van der Waals surface area contributed by atoms with E-state index >= 15 is 0 Å². The summed E-state index contributed by atoms with van der Waals surface area (Å²) in [7, 11) is 0. The lowest BCUT2D eigenvalue weighted by Gasteiger charge is -2.04. The van der Waals surface area contributed by atoms with E-state index < -0.39 is 5.97 Å². The molecule has 0 heterocycles. The summed E-state index contributed by atoms with van der Waals surface area (Å²) >= 11 is 0. The van der Waals surface area contributed by atoms with E-state index in [2.05, 4.69) is 0 Å². The van der Waals surface area contributed by atoms with Crippen molar-refractivity contribution in [3.8, 4) is 0 Å². The molecule has 3 heteroatoms. The van der Waals surface area contributed by atoms with Crippen LogP contribution < -0.4 is 0 Å². The van der Waals surface area contributed by atoms with Gasteiger partial charge in [0.15, 0.2) is 0 Å². The third-order valence-corrected chi connectivity index (χ3v) is 3.38. The summed E-state index contributed by atoms with van der Waals surface area (Å²) in [4.78, 5) is 10.8. The lowest BCUT2D eigenvalue weighted by atomic mass is 10.0. The molecule has 2 aliphatic carbocycles. The van der Waals surface area contributed by atoms with E-state index in [1.54, 1.807) is 6.07 Å². The maximum Gasteiger partial charge on any atom is 0.307 e. The maximum atomic E-state index is 12.9. The van der Waals surface area contributed by atoms with Crippen LogP contribution in [0.5, 0.6) is 0 Å². The van der Waals surface area contributed by atoms with Gasteiger partial charge in [0.25, 0.3) is 0 Å². The Morgan fingerprint density at radius 1 is 1.50 bits per heavy atom. The van der Waals surface area contributed by atoms with E-state index in [-0.39, 0.29) is 23.6 Å². The summed E-state index contributed by atoms with van der Waals surface area (Å²) in [6.07, 6.45) is 0.803. The molecule has 0 saturated heterocycles. The molecule has 0 amide bonds. The van der Waals surface area contributed by atoms with Gasteiger partial charge >= 0.3 is 5.97 Å². The first-order valence-electron chi connectivity index (χ1n) is 4.69. The number of fused-ring (bicyclic) bond motifs is 3. The predicted molar refractivity (Wildman–Crippen MR) is 47.5 cm³/mol. The van der Waals surface area contributed by atoms with Crippen molar-refractivity contribution in [3.05, 3.63) is 35.1 Å². The van der Waals surface area contributed by atoms with Crippen LogP contribution in [-0.4, -0.2) is 11.1 Å². The second-order valence-electron chi connectivity index (χ2n) is 4.10. The highest BCUT2D eigenvalue weighted by Crippen LogP contribution is 2.61. The Labute approximate surface area is 80.4 Å². The number of aliphatic carboxylic acids is 1. The van der Waals surface area contributed by atoms with E-state index in [1.165, 1.54) is 12.1 Å². The third-order valence-electron chi connectivity index (χ3n) is 3.38. The molecule has 1 fully saturated rings. The Hall–Kier alpha value is -1.38. The van der Waals surface area contributed by atoms with Gasteiger partial charge in [0, 0.05) is 5.92 Å². The van der Waals surface area contributed by atoms with Crippen LogP contribution >= 0.6 is 0 Å². The molecule has 2 aliphatic rings. The molecular weight excluding hydrogens is 183 g/mol. The molecule has 0 radical (unpaired) electrons. The SMILES string of the molecule is O=C(O)C1C2Cc3ccc(F)cc3C21. The van der Waals surface area contributed by atoms with Crippen molar-refractivity contribution in [1.82, 2.24) is 0 Å². The zero-order valence-electron chi connectivity index (χ0n) is 7.40. The zero-order valence-corrected chi connectivity index (χ0v) is 7.40. The van der Waals surface area contributed by atoms with E-state index in [9.17, 15) is 9.18 Å². The number of carboxylic acids is 1. The van der Waals surface area contributed by atoms with Crippen LogP contribution in [0.4, 0.5) is 4.39 Å². The smallest absolute Gasteiger partial charge is 0.307 e. The first-order chi connectivity index (χ1) is 6.68. The first kappa shape index (κ1) is 7.97. The fourth-order valence-electron chi connectivity index (χ4n) is 2.70. The molecule has 3 atom stereocenters. The number of benzene rings is 1. The zero-order chi connectivity index (χ0) is 9.87. The van der Waals surface area contributed by atoms with Crippen molar-refractivity contribution in [2.45, 2.75) is 12.3 Å². The highest BCUT2D eigenvalue weighted by molar-refractivity contribution is 5.77. The number of carboxylic acid groups (broad SMARTS) is 1. The number of hydrogen-bond acceptors (Lipinski definition) is 1.